The molecule has 0 radical (unpaired) electrons. The number of nitrogens with one attached hydrogen (secondary N) is 2. The summed E-state index contributed by atoms with van der Waals surface area (Å²) in [5.74, 6) is -0.629. The lowest BCUT2D eigenvalue weighted by molar-refractivity contribution is 0.624. The second-order valence-corrected chi connectivity index (χ2v) is 6.12. The molecule has 0 bridgehead atoms. The topological polar surface area (TPSA) is 75.6 Å². The molecule has 0 saturated heterocycles. The van der Waals surface area contributed by atoms with Crippen molar-refractivity contribution in [3.63, 3.8) is 0 Å². The van der Waals surface area contributed by atoms with Crippen molar-refractivity contribution < 1.29 is 8.78 Å². The van der Waals surface area contributed by atoms with Gasteiger partial charge in [0, 0.05) is 36.9 Å². The Morgan fingerprint density at radius 2 is 1.96 bits per heavy atom. The van der Waals surface area contributed by atoms with Crippen molar-refractivity contribution in [2.45, 2.75) is 6.54 Å². The number of hydrogen-bond acceptors (Lipinski definition) is 4. The highest BCUT2D eigenvalue weighted by atomic mass is 19.1. The van der Waals surface area contributed by atoms with Gasteiger partial charge in [0.1, 0.15) is 17.3 Å². The summed E-state index contributed by atoms with van der Waals surface area (Å²) in [5, 5.41) is 3.56. The molecule has 0 saturated carbocycles. The quantitative estimate of drug-likeness (QED) is 0.581. The maximum atomic E-state index is 13.6. The first-order valence-electron chi connectivity index (χ1n) is 8.20. The lowest BCUT2D eigenvalue weighted by atomic mass is 10.1. The highest BCUT2D eigenvalue weighted by Gasteiger charge is 2.13. The molecule has 0 aliphatic heterocycles. The molecule has 27 heavy (non-hydrogen) atoms. The van der Waals surface area contributed by atoms with Gasteiger partial charge in [0.25, 0.3) is 5.56 Å². The Bertz CT molecular complexity index is 1180. The van der Waals surface area contributed by atoms with Gasteiger partial charge in [-0.1, -0.05) is 12.1 Å². The number of benzene rings is 1. The number of rotatable bonds is 4. The van der Waals surface area contributed by atoms with Crippen LogP contribution in [0, 0.1) is 11.6 Å². The minimum Gasteiger partial charge on any atom is -0.361 e. The summed E-state index contributed by atoms with van der Waals surface area (Å²) in [6.07, 6.45) is 4.39. The Labute approximate surface area is 152 Å². The third-order valence-electron chi connectivity index (χ3n) is 4.22. The van der Waals surface area contributed by atoms with Crippen LogP contribution >= 0.6 is 0 Å². The maximum absolute atomic E-state index is 13.6. The Morgan fingerprint density at radius 1 is 1.19 bits per heavy atom. The SMILES string of the molecule is Cn1cc(-c2c[nH]c3ncc(F)cc23)nc(NCc2ccc(F)cc2)c1=O. The van der Waals surface area contributed by atoms with Gasteiger partial charge in [-0.2, -0.15) is 0 Å². The molecule has 4 aromatic rings. The zero-order valence-electron chi connectivity index (χ0n) is 14.3. The average molecular weight is 367 g/mol. The van der Waals surface area contributed by atoms with E-state index >= 15 is 0 Å². The molecule has 8 heteroatoms. The lowest BCUT2D eigenvalue weighted by Gasteiger charge is -2.09. The number of aryl methyl sites for hydroxylation is 1. The molecule has 0 aliphatic rings. The molecule has 0 atom stereocenters. The smallest absolute Gasteiger partial charge is 0.293 e. The van der Waals surface area contributed by atoms with Crippen LogP contribution in [0.25, 0.3) is 22.3 Å². The van der Waals surface area contributed by atoms with Gasteiger partial charge in [0.15, 0.2) is 5.82 Å². The van der Waals surface area contributed by atoms with E-state index in [4.69, 9.17) is 0 Å². The molecule has 0 unspecified atom stereocenters. The van der Waals surface area contributed by atoms with Crippen molar-refractivity contribution in [3.05, 3.63) is 76.5 Å². The Balaban J connectivity index is 1.71. The summed E-state index contributed by atoms with van der Waals surface area (Å²) >= 11 is 0. The minimum absolute atomic E-state index is 0.151. The van der Waals surface area contributed by atoms with E-state index in [0.29, 0.717) is 28.8 Å². The number of aromatic nitrogens is 4. The Hall–Kier alpha value is -3.55. The monoisotopic (exact) mass is 367 g/mol. The minimum atomic E-state index is -0.456. The van der Waals surface area contributed by atoms with E-state index in [2.05, 4.69) is 20.3 Å². The van der Waals surface area contributed by atoms with Crippen LogP contribution in [-0.2, 0) is 13.6 Å². The van der Waals surface area contributed by atoms with Gasteiger partial charge in [0.2, 0.25) is 0 Å². The Kier molecular flexibility index (Phi) is 4.15. The number of anilines is 1. The van der Waals surface area contributed by atoms with Gasteiger partial charge in [-0.25, -0.2) is 18.7 Å². The summed E-state index contributed by atoms with van der Waals surface area (Å²) in [4.78, 5) is 23.7. The zero-order chi connectivity index (χ0) is 19.0. The van der Waals surface area contributed by atoms with E-state index < -0.39 is 5.82 Å². The average Bonchev–Trinajstić information content (AvgIpc) is 3.07. The van der Waals surface area contributed by atoms with Crippen LogP contribution in [-0.4, -0.2) is 19.5 Å². The summed E-state index contributed by atoms with van der Waals surface area (Å²) < 4.78 is 28.0. The standard InChI is InChI=1S/C19H15F2N5O/c1-26-10-16(15-9-24-17-14(15)6-13(21)8-23-17)25-18(19(26)27)22-7-11-2-4-12(20)5-3-11/h2-6,8-10H,7H2,1H3,(H,22,25)(H,23,24). The van der Waals surface area contributed by atoms with Gasteiger partial charge in [-0.3, -0.25) is 4.79 Å². The predicted octanol–water partition coefficient (Wildman–Crippen LogP) is 3.21. The molecule has 0 fully saturated rings. The fourth-order valence-electron chi connectivity index (χ4n) is 2.83. The van der Waals surface area contributed by atoms with Crippen LogP contribution in [0.5, 0.6) is 0 Å². The third kappa shape index (κ3) is 3.29. The number of H-pyrrole nitrogens is 1. The first-order chi connectivity index (χ1) is 13.0. The van der Waals surface area contributed by atoms with E-state index in [-0.39, 0.29) is 17.2 Å². The Morgan fingerprint density at radius 3 is 2.74 bits per heavy atom. The number of nitrogens with zero attached hydrogens (tertiary/aromatic N) is 3. The highest BCUT2D eigenvalue weighted by molar-refractivity contribution is 5.92. The molecule has 1 aromatic carbocycles. The van der Waals surface area contributed by atoms with Crippen LogP contribution in [0.2, 0.25) is 0 Å². The second kappa shape index (κ2) is 6.64. The molecule has 3 aromatic heterocycles. The molecule has 0 aliphatic carbocycles. The van der Waals surface area contributed by atoms with Crippen molar-refractivity contribution in [2.75, 3.05) is 5.32 Å². The number of aromatic amines is 1. The molecule has 0 spiro atoms. The molecule has 2 N–H and O–H groups in total. The fraction of sp³-hybridized carbons (Fsp3) is 0.105. The second-order valence-electron chi connectivity index (χ2n) is 6.12. The highest BCUT2D eigenvalue weighted by Crippen LogP contribution is 2.26. The van der Waals surface area contributed by atoms with E-state index in [1.807, 2.05) is 0 Å². The third-order valence-corrected chi connectivity index (χ3v) is 4.22. The van der Waals surface area contributed by atoms with Crippen LogP contribution < -0.4 is 10.9 Å². The molecule has 3 heterocycles. The summed E-state index contributed by atoms with van der Waals surface area (Å²) in [5.41, 5.74) is 2.17. The molecule has 6 nitrogen and oxygen atoms in total. The zero-order valence-corrected chi connectivity index (χ0v) is 14.3. The van der Waals surface area contributed by atoms with Gasteiger partial charge in [-0.15, -0.1) is 0 Å². The normalized spacial score (nSPS) is 11.1. The molecule has 136 valence electrons. The lowest BCUT2D eigenvalue weighted by Crippen LogP contribution is -2.22. The molecule has 4 rings (SSSR count). The van der Waals surface area contributed by atoms with Gasteiger partial charge < -0.3 is 14.9 Å². The van der Waals surface area contributed by atoms with Gasteiger partial charge in [0.05, 0.1) is 11.9 Å². The molecular formula is C19H15F2N5O. The maximum Gasteiger partial charge on any atom is 0.293 e. The van der Waals surface area contributed by atoms with E-state index in [0.717, 1.165) is 11.8 Å². The van der Waals surface area contributed by atoms with Gasteiger partial charge >= 0.3 is 0 Å². The predicted molar refractivity (Wildman–Crippen MR) is 98.3 cm³/mol. The number of fused-ring (bicyclic) bond motifs is 1. The van der Waals surface area contributed by atoms with Crippen molar-refractivity contribution in [1.29, 1.82) is 0 Å². The van der Waals surface area contributed by atoms with Gasteiger partial charge in [-0.05, 0) is 23.8 Å². The van der Waals surface area contributed by atoms with Crippen LogP contribution in [0.3, 0.4) is 0 Å². The van der Waals surface area contributed by atoms with Crippen molar-refractivity contribution in [3.8, 4) is 11.3 Å². The first kappa shape index (κ1) is 16.9. The first-order valence-corrected chi connectivity index (χ1v) is 8.20. The largest absolute Gasteiger partial charge is 0.361 e. The van der Waals surface area contributed by atoms with E-state index in [1.165, 1.54) is 22.8 Å². The van der Waals surface area contributed by atoms with Crippen molar-refractivity contribution >= 4 is 16.9 Å². The summed E-state index contributed by atoms with van der Waals surface area (Å²) in [7, 11) is 1.62. The summed E-state index contributed by atoms with van der Waals surface area (Å²) in [6.45, 7) is 0.316. The fourth-order valence-corrected chi connectivity index (χ4v) is 2.83. The molecule has 0 amide bonds. The number of hydrogen-bond donors (Lipinski definition) is 2. The molecular weight excluding hydrogens is 352 g/mol. The van der Waals surface area contributed by atoms with Crippen LogP contribution in [0.1, 0.15) is 5.56 Å². The number of pyridine rings is 1. The van der Waals surface area contributed by atoms with Crippen molar-refractivity contribution in [1.82, 2.24) is 19.5 Å². The van der Waals surface area contributed by atoms with Crippen LogP contribution in [0.15, 0.2) is 53.7 Å². The van der Waals surface area contributed by atoms with Crippen molar-refractivity contribution in [2.24, 2.45) is 7.05 Å². The van der Waals surface area contributed by atoms with Crippen LogP contribution in [0.4, 0.5) is 14.6 Å². The van der Waals surface area contributed by atoms with E-state index in [1.54, 1.807) is 31.6 Å². The number of halogens is 2. The summed E-state index contributed by atoms with van der Waals surface area (Å²) in [6, 6.07) is 7.33. The van der Waals surface area contributed by atoms with E-state index in [9.17, 15) is 13.6 Å².